The lowest BCUT2D eigenvalue weighted by Crippen LogP contribution is -1.96. The highest BCUT2D eigenvalue weighted by Crippen LogP contribution is 2.39. The molecule has 11 aromatic rings. The minimum Gasteiger partial charge on any atom is -0.298 e. The Kier molecular flexibility index (Phi) is 8.45. The van der Waals surface area contributed by atoms with E-state index in [2.05, 4.69) is 223 Å². The van der Waals surface area contributed by atoms with Gasteiger partial charge in [-0.05, 0) is 62.5 Å². The Morgan fingerprint density at radius 2 is 0.780 bits per heavy atom. The Labute approximate surface area is 342 Å². The molecule has 0 radical (unpaired) electrons. The van der Waals surface area contributed by atoms with E-state index in [4.69, 9.17) is 15.0 Å². The molecule has 276 valence electrons. The number of benzene rings is 8. The third-order valence-electron chi connectivity index (χ3n) is 11.2. The van der Waals surface area contributed by atoms with Crippen LogP contribution in [0.5, 0.6) is 0 Å². The van der Waals surface area contributed by atoms with E-state index in [1.165, 1.54) is 21.5 Å². The van der Waals surface area contributed by atoms with Gasteiger partial charge in [-0.15, -0.1) is 0 Å². The van der Waals surface area contributed by atoms with Crippen molar-refractivity contribution in [3.8, 4) is 78.7 Å². The van der Waals surface area contributed by atoms with Crippen molar-refractivity contribution in [2.75, 3.05) is 0 Å². The minimum atomic E-state index is 0.669. The molecular weight excluding hydrogens is 717 g/mol. The Bertz CT molecular complexity index is 3200. The lowest BCUT2D eigenvalue weighted by molar-refractivity contribution is 1.18. The molecular formula is C55H36N4. The van der Waals surface area contributed by atoms with Crippen molar-refractivity contribution in [1.82, 2.24) is 19.4 Å². The Morgan fingerprint density at radius 1 is 0.305 bits per heavy atom. The quantitative estimate of drug-likeness (QED) is 0.163. The molecule has 0 saturated heterocycles. The number of fused-ring (bicyclic) bond motifs is 3. The van der Waals surface area contributed by atoms with Crippen LogP contribution in [-0.4, -0.2) is 19.4 Å². The van der Waals surface area contributed by atoms with Gasteiger partial charge in [0, 0.05) is 39.6 Å². The second-order valence-electron chi connectivity index (χ2n) is 14.9. The van der Waals surface area contributed by atoms with Crippen LogP contribution < -0.4 is 0 Å². The Morgan fingerprint density at radius 3 is 1.36 bits per heavy atom. The van der Waals surface area contributed by atoms with Crippen LogP contribution in [0.3, 0.4) is 0 Å². The molecule has 11 rings (SSSR count). The standard InChI is InChI=1S/C55H36N4/c1-4-14-37(15-5-1)48-34-49(40-18-6-2-7-19-40)55-58-52(53(59(55)36-48)42-20-8-3-9-21-42)41-26-28-43(29-27-41)54-56-50(46-30-24-38-16-10-12-22-44(38)32-46)35-51(57-54)47-31-25-39-17-11-13-23-45(39)33-47/h1-36H. The molecule has 0 N–H and O–H groups in total. The average Bonchev–Trinajstić information content (AvgIpc) is 3.71. The van der Waals surface area contributed by atoms with Crippen molar-refractivity contribution in [3.05, 3.63) is 219 Å². The normalized spacial score (nSPS) is 11.4. The van der Waals surface area contributed by atoms with Gasteiger partial charge in [-0.25, -0.2) is 15.0 Å². The summed E-state index contributed by atoms with van der Waals surface area (Å²) >= 11 is 0. The summed E-state index contributed by atoms with van der Waals surface area (Å²) in [5, 5.41) is 4.75. The number of imidazole rings is 1. The molecule has 59 heavy (non-hydrogen) atoms. The SMILES string of the molecule is c1ccc(-c2cc(-c3ccccc3)c3nc(-c4ccc(-c5nc(-c6ccc7ccccc7c6)cc(-c6ccc7ccccc7c6)n5)cc4)c(-c4ccccc4)n3c2)cc1. The van der Waals surface area contributed by atoms with E-state index >= 15 is 0 Å². The summed E-state index contributed by atoms with van der Waals surface area (Å²) in [4.78, 5) is 15.9. The van der Waals surface area contributed by atoms with Crippen molar-refractivity contribution in [1.29, 1.82) is 0 Å². The second kappa shape index (κ2) is 14.5. The van der Waals surface area contributed by atoms with Crippen LogP contribution in [0.2, 0.25) is 0 Å². The number of pyridine rings is 1. The molecule has 3 aromatic heterocycles. The maximum atomic E-state index is 5.46. The van der Waals surface area contributed by atoms with Crippen molar-refractivity contribution < 1.29 is 0 Å². The van der Waals surface area contributed by atoms with E-state index in [1.54, 1.807) is 0 Å². The molecule has 0 unspecified atom stereocenters. The highest BCUT2D eigenvalue weighted by molar-refractivity contribution is 5.92. The van der Waals surface area contributed by atoms with Gasteiger partial charge in [-0.2, -0.15) is 0 Å². The molecule has 4 heteroatoms. The summed E-state index contributed by atoms with van der Waals surface area (Å²) in [6.07, 6.45) is 2.23. The van der Waals surface area contributed by atoms with E-state index in [-0.39, 0.29) is 0 Å². The zero-order chi connectivity index (χ0) is 39.1. The van der Waals surface area contributed by atoms with Gasteiger partial charge in [-0.3, -0.25) is 4.40 Å². The van der Waals surface area contributed by atoms with Gasteiger partial charge in [0.2, 0.25) is 0 Å². The topological polar surface area (TPSA) is 43.1 Å². The molecule has 0 aliphatic heterocycles. The zero-order valence-corrected chi connectivity index (χ0v) is 32.1. The van der Waals surface area contributed by atoms with E-state index < -0.39 is 0 Å². The summed E-state index contributed by atoms with van der Waals surface area (Å²) in [5.41, 5.74) is 14.2. The van der Waals surface area contributed by atoms with Crippen LogP contribution in [0, 0.1) is 0 Å². The van der Waals surface area contributed by atoms with E-state index in [0.717, 1.165) is 78.5 Å². The first-order chi connectivity index (χ1) is 29.2. The van der Waals surface area contributed by atoms with Gasteiger partial charge in [0.15, 0.2) is 5.82 Å². The summed E-state index contributed by atoms with van der Waals surface area (Å²) < 4.78 is 2.27. The Hall–Kier alpha value is -7.95. The molecule has 0 saturated carbocycles. The van der Waals surface area contributed by atoms with Gasteiger partial charge >= 0.3 is 0 Å². The predicted molar refractivity (Wildman–Crippen MR) is 244 cm³/mol. The molecule has 0 atom stereocenters. The van der Waals surface area contributed by atoms with E-state index in [0.29, 0.717) is 5.82 Å². The van der Waals surface area contributed by atoms with Gasteiger partial charge in [0.25, 0.3) is 0 Å². The van der Waals surface area contributed by atoms with Gasteiger partial charge < -0.3 is 0 Å². The molecule has 0 aliphatic rings. The van der Waals surface area contributed by atoms with E-state index in [9.17, 15) is 0 Å². The van der Waals surface area contributed by atoms with Crippen LogP contribution >= 0.6 is 0 Å². The van der Waals surface area contributed by atoms with Crippen molar-refractivity contribution in [2.24, 2.45) is 0 Å². The summed E-state index contributed by atoms with van der Waals surface area (Å²) in [6, 6.07) is 74.6. The minimum absolute atomic E-state index is 0.669. The first-order valence-electron chi connectivity index (χ1n) is 19.9. The molecule has 0 bridgehead atoms. The predicted octanol–water partition coefficient (Wildman–Crippen LogP) is 14.1. The van der Waals surface area contributed by atoms with Crippen LogP contribution in [0.25, 0.3) is 106 Å². The number of rotatable bonds is 7. The number of hydrogen-bond donors (Lipinski definition) is 0. The van der Waals surface area contributed by atoms with Gasteiger partial charge in [0.1, 0.15) is 5.65 Å². The lowest BCUT2D eigenvalue weighted by Gasteiger charge is -2.12. The maximum Gasteiger partial charge on any atom is 0.160 e. The van der Waals surface area contributed by atoms with Crippen molar-refractivity contribution >= 4 is 27.2 Å². The first kappa shape index (κ1) is 34.3. The third kappa shape index (κ3) is 6.43. The third-order valence-corrected chi connectivity index (χ3v) is 11.2. The molecule has 8 aromatic carbocycles. The molecule has 0 aliphatic carbocycles. The van der Waals surface area contributed by atoms with E-state index in [1.807, 2.05) is 0 Å². The number of hydrogen-bond acceptors (Lipinski definition) is 3. The van der Waals surface area contributed by atoms with Crippen LogP contribution in [0.4, 0.5) is 0 Å². The Balaban J connectivity index is 1.08. The maximum absolute atomic E-state index is 5.46. The molecule has 0 spiro atoms. The van der Waals surface area contributed by atoms with Crippen LogP contribution in [0.15, 0.2) is 219 Å². The summed E-state index contributed by atoms with van der Waals surface area (Å²) in [7, 11) is 0. The van der Waals surface area contributed by atoms with Crippen molar-refractivity contribution in [2.45, 2.75) is 0 Å². The fourth-order valence-corrected chi connectivity index (χ4v) is 8.18. The summed E-state index contributed by atoms with van der Waals surface area (Å²) in [6.45, 7) is 0. The van der Waals surface area contributed by atoms with Crippen LogP contribution in [0.1, 0.15) is 0 Å². The number of nitrogens with zero attached hydrogens (tertiary/aromatic N) is 4. The monoisotopic (exact) mass is 752 g/mol. The highest BCUT2D eigenvalue weighted by Gasteiger charge is 2.21. The van der Waals surface area contributed by atoms with Crippen LogP contribution in [-0.2, 0) is 0 Å². The average molecular weight is 753 g/mol. The van der Waals surface area contributed by atoms with Gasteiger partial charge in [-0.1, -0.05) is 188 Å². The molecule has 0 fully saturated rings. The highest BCUT2D eigenvalue weighted by atomic mass is 15.0. The number of aromatic nitrogens is 4. The first-order valence-corrected chi connectivity index (χ1v) is 19.9. The fourth-order valence-electron chi connectivity index (χ4n) is 8.18. The summed E-state index contributed by atoms with van der Waals surface area (Å²) in [5.74, 6) is 0.669. The van der Waals surface area contributed by atoms with Gasteiger partial charge in [0.05, 0.1) is 22.8 Å². The largest absolute Gasteiger partial charge is 0.298 e. The molecule has 4 nitrogen and oxygen atoms in total. The van der Waals surface area contributed by atoms with Crippen molar-refractivity contribution in [3.63, 3.8) is 0 Å². The molecule has 0 amide bonds. The lowest BCUT2D eigenvalue weighted by atomic mass is 10.0. The second-order valence-corrected chi connectivity index (χ2v) is 14.9. The molecule has 3 heterocycles. The smallest absolute Gasteiger partial charge is 0.160 e. The fraction of sp³-hybridized carbons (Fsp3) is 0. The zero-order valence-electron chi connectivity index (χ0n) is 32.1.